The van der Waals surface area contributed by atoms with E-state index < -0.39 is 11.9 Å². The van der Waals surface area contributed by atoms with Crippen LogP contribution in [0.2, 0.25) is 0 Å². The first-order valence-electron chi connectivity index (χ1n) is 9.72. The predicted molar refractivity (Wildman–Crippen MR) is 100 cm³/mol. The molecule has 9 heteroatoms. The normalized spacial score (nSPS) is 19.5. The first-order valence-corrected chi connectivity index (χ1v) is 9.72. The molecule has 158 valence electrons. The Hall–Kier alpha value is -2.97. The van der Waals surface area contributed by atoms with Crippen molar-refractivity contribution >= 4 is 11.9 Å². The van der Waals surface area contributed by atoms with Gasteiger partial charge in [0, 0.05) is 36.9 Å². The molecule has 2 saturated heterocycles. The van der Waals surface area contributed by atoms with Gasteiger partial charge in [-0.15, -0.1) is 0 Å². The van der Waals surface area contributed by atoms with E-state index in [1.165, 1.54) is 0 Å². The minimum Gasteiger partial charge on any atom is -0.465 e. The standard InChI is InChI=1S/C21H20F3N3O3/c22-21(23,24)18-9-25-17(8-26-18)15-4-2-14(3-5-15)16-10-27(11-16)19(28)6-1-13-7-20(29)30-12-13/h2-5,8-9,13,16H,1,6-7,10-12H2/t13-/m0/s1. The largest absolute Gasteiger partial charge is 0.465 e. The molecule has 2 aromatic rings. The molecule has 1 atom stereocenters. The van der Waals surface area contributed by atoms with Crippen molar-refractivity contribution in [2.75, 3.05) is 19.7 Å². The molecule has 4 rings (SSSR count). The number of esters is 1. The predicted octanol–water partition coefficient (Wildman–Crippen LogP) is 3.43. The van der Waals surface area contributed by atoms with Crippen molar-refractivity contribution in [2.45, 2.75) is 31.4 Å². The highest BCUT2D eigenvalue weighted by Crippen LogP contribution is 2.31. The highest BCUT2D eigenvalue weighted by molar-refractivity contribution is 5.77. The smallest absolute Gasteiger partial charge is 0.434 e. The maximum atomic E-state index is 12.6. The van der Waals surface area contributed by atoms with Crippen molar-refractivity contribution in [1.29, 1.82) is 0 Å². The second-order valence-corrected chi connectivity index (χ2v) is 7.69. The molecule has 0 bridgehead atoms. The van der Waals surface area contributed by atoms with E-state index in [4.69, 9.17) is 4.74 Å². The van der Waals surface area contributed by atoms with Gasteiger partial charge in [-0.1, -0.05) is 24.3 Å². The third kappa shape index (κ3) is 4.44. The second-order valence-electron chi connectivity index (χ2n) is 7.69. The Kier molecular flexibility index (Phi) is 5.44. The third-order valence-corrected chi connectivity index (χ3v) is 5.56. The molecule has 1 aromatic carbocycles. The highest BCUT2D eigenvalue weighted by atomic mass is 19.4. The fourth-order valence-electron chi connectivity index (χ4n) is 3.68. The fourth-order valence-corrected chi connectivity index (χ4v) is 3.68. The summed E-state index contributed by atoms with van der Waals surface area (Å²) < 4.78 is 42.7. The summed E-state index contributed by atoms with van der Waals surface area (Å²) >= 11 is 0. The van der Waals surface area contributed by atoms with E-state index in [0.29, 0.717) is 50.2 Å². The molecule has 2 fully saturated rings. The Balaban J connectivity index is 1.28. The van der Waals surface area contributed by atoms with Gasteiger partial charge in [-0.3, -0.25) is 14.6 Å². The Labute approximate surface area is 171 Å². The van der Waals surface area contributed by atoms with Crippen molar-refractivity contribution in [3.05, 3.63) is 47.9 Å². The van der Waals surface area contributed by atoms with Gasteiger partial charge in [-0.2, -0.15) is 13.2 Å². The summed E-state index contributed by atoms with van der Waals surface area (Å²) in [6, 6.07) is 7.41. The van der Waals surface area contributed by atoms with Gasteiger partial charge in [0.05, 0.1) is 31.1 Å². The van der Waals surface area contributed by atoms with Crippen molar-refractivity contribution in [2.24, 2.45) is 5.92 Å². The van der Waals surface area contributed by atoms with Gasteiger partial charge in [0.2, 0.25) is 5.91 Å². The molecular formula is C21H20F3N3O3. The van der Waals surface area contributed by atoms with E-state index in [9.17, 15) is 22.8 Å². The Morgan fingerprint density at radius 1 is 1.13 bits per heavy atom. The first-order chi connectivity index (χ1) is 14.3. The number of aromatic nitrogens is 2. The number of carbonyl (C=O) groups excluding carboxylic acids is 2. The number of benzene rings is 1. The average molecular weight is 419 g/mol. The van der Waals surface area contributed by atoms with Gasteiger partial charge in [0.15, 0.2) is 5.69 Å². The molecule has 1 amide bonds. The van der Waals surface area contributed by atoms with Crippen LogP contribution in [-0.4, -0.2) is 46.4 Å². The number of halogens is 3. The molecule has 0 radical (unpaired) electrons. The van der Waals surface area contributed by atoms with Crippen LogP contribution in [0.1, 0.15) is 36.4 Å². The van der Waals surface area contributed by atoms with Crippen LogP contribution in [0.5, 0.6) is 0 Å². The van der Waals surface area contributed by atoms with Crippen LogP contribution in [0.25, 0.3) is 11.3 Å². The summed E-state index contributed by atoms with van der Waals surface area (Å²) in [7, 11) is 0. The Morgan fingerprint density at radius 2 is 1.87 bits per heavy atom. The number of rotatable bonds is 5. The van der Waals surface area contributed by atoms with Crippen LogP contribution in [0.3, 0.4) is 0 Å². The number of likely N-dealkylation sites (tertiary alicyclic amines) is 1. The lowest BCUT2D eigenvalue weighted by atomic mass is 9.90. The molecule has 0 aliphatic carbocycles. The van der Waals surface area contributed by atoms with Crippen LogP contribution in [0.15, 0.2) is 36.7 Å². The number of alkyl halides is 3. The summed E-state index contributed by atoms with van der Waals surface area (Å²) in [4.78, 5) is 32.5. The lowest BCUT2D eigenvalue weighted by molar-refractivity contribution is -0.141. The molecule has 2 aliphatic heterocycles. The van der Waals surface area contributed by atoms with Gasteiger partial charge < -0.3 is 9.64 Å². The SMILES string of the molecule is O=C1C[C@H](CCC(=O)N2CC(c3ccc(-c4cnc(C(F)(F)F)cn4)cc3)C2)CO1. The topological polar surface area (TPSA) is 72.4 Å². The Morgan fingerprint density at radius 3 is 2.43 bits per heavy atom. The molecular weight excluding hydrogens is 399 g/mol. The van der Waals surface area contributed by atoms with E-state index in [-0.39, 0.29) is 23.7 Å². The quantitative estimate of drug-likeness (QED) is 0.695. The number of amides is 1. The minimum absolute atomic E-state index is 0.0854. The lowest BCUT2D eigenvalue weighted by Gasteiger charge is -2.40. The van der Waals surface area contributed by atoms with Crippen LogP contribution >= 0.6 is 0 Å². The summed E-state index contributed by atoms with van der Waals surface area (Å²) in [5.41, 5.74) is 1.10. The summed E-state index contributed by atoms with van der Waals surface area (Å²) in [6.45, 7) is 1.68. The van der Waals surface area contributed by atoms with E-state index in [1.54, 1.807) is 17.0 Å². The van der Waals surface area contributed by atoms with Crippen molar-refractivity contribution < 1.29 is 27.5 Å². The van der Waals surface area contributed by atoms with Crippen LogP contribution in [0, 0.1) is 5.92 Å². The van der Waals surface area contributed by atoms with Gasteiger partial charge in [-0.25, -0.2) is 4.98 Å². The molecule has 0 spiro atoms. The fraction of sp³-hybridized carbons (Fsp3) is 0.429. The van der Waals surface area contributed by atoms with Gasteiger partial charge >= 0.3 is 12.1 Å². The zero-order valence-electron chi connectivity index (χ0n) is 16.1. The summed E-state index contributed by atoms with van der Waals surface area (Å²) in [5, 5.41) is 0. The van der Waals surface area contributed by atoms with Crippen LogP contribution < -0.4 is 0 Å². The van der Waals surface area contributed by atoms with Gasteiger partial charge in [0.1, 0.15) is 0 Å². The number of carbonyl (C=O) groups is 2. The molecule has 6 nitrogen and oxygen atoms in total. The van der Waals surface area contributed by atoms with E-state index >= 15 is 0 Å². The minimum atomic E-state index is -4.51. The number of ether oxygens (including phenoxy) is 1. The molecule has 0 N–H and O–H groups in total. The second kappa shape index (κ2) is 8.04. The highest BCUT2D eigenvalue weighted by Gasteiger charge is 2.33. The van der Waals surface area contributed by atoms with Crippen LogP contribution in [0.4, 0.5) is 13.2 Å². The van der Waals surface area contributed by atoms with Crippen molar-refractivity contribution in [3.63, 3.8) is 0 Å². The van der Waals surface area contributed by atoms with E-state index in [2.05, 4.69) is 9.97 Å². The monoisotopic (exact) mass is 419 g/mol. The zero-order chi connectivity index (χ0) is 21.3. The summed E-state index contributed by atoms with van der Waals surface area (Å²) in [6.07, 6.45) is -1.19. The van der Waals surface area contributed by atoms with Crippen molar-refractivity contribution in [3.8, 4) is 11.3 Å². The first kappa shape index (κ1) is 20.3. The average Bonchev–Trinajstić information content (AvgIpc) is 3.10. The summed E-state index contributed by atoms with van der Waals surface area (Å²) in [5.74, 6) is 0.266. The lowest BCUT2D eigenvalue weighted by Crippen LogP contribution is -2.48. The zero-order valence-corrected chi connectivity index (χ0v) is 16.1. The molecule has 0 saturated carbocycles. The van der Waals surface area contributed by atoms with Gasteiger partial charge in [-0.05, 0) is 12.0 Å². The van der Waals surface area contributed by atoms with E-state index in [1.807, 2.05) is 12.1 Å². The maximum Gasteiger partial charge on any atom is 0.434 e. The molecule has 2 aliphatic rings. The number of hydrogen-bond donors (Lipinski definition) is 0. The molecule has 30 heavy (non-hydrogen) atoms. The number of nitrogens with zero attached hydrogens (tertiary/aromatic N) is 3. The van der Waals surface area contributed by atoms with Crippen LogP contribution in [-0.2, 0) is 20.5 Å². The molecule has 0 unspecified atom stereocenters. The number of cyclic esters (lactones) is 1. The molecule has 1 aromatic heterocycles. The van der Waals surface area contributed by atoms with Crippen molar-refractivity contribution in [1.82, 2.24) is 14.9 Å². The van der Waals surface area contributed by atoms with Gasteiger partial charge in [0.25, 0.3) is 0 Å². The third-order valence-electron chi connectivity index (χ3n) is 5.56. The van der Waals surface area contributed by atoms with E-state index in [0.717, 1.165) is 18.0 Å². The Bertz CT molecular complexity index is 923. The number of hydrogen-bond acceptors (Lipinski definition) is 5. The maximum absolute atomic E-state index is 12.6. The molecule has 3 heterocycles.